The van der Waals surface area contributed by atoms with E-state index < -0.39 is 0 Å². The lowest BCUT2D eigenvalue weighted by Crippen LogP contribution is -2.11. The highest BCUT2D eigenvalue weighted by atomic mass is 15.1. The van der Waals surface area contributed by atoms with E-state index in [9.17, 15) is 10.5 Å². The molecule has 8 aromatic rings. The molecule has 4 nitrogen and oxygen atoms in total. The zero-order chi connectivity index (χ0) is 33.0. The van der Waals surface area contributed by atoms with Crippen LogP contribution in [-0.4, -0.2) is 0 Å². The number of nitriles is 2. The summed E-state index contributed by atoms with van der Waals surface area (Å²) in [5, 5.41) is 25.9. The molecule has 0 N–H and O–H groups in total. The van der Waals surface area contributed by atoms with Crippen LogP contribution in [0.1, 0.15) is 25.0 Å². The number of nitrogens with zero attached hydrogens (tertiary/aromatic N) is 4. The van der Waals surface area contributed by atoms with Gasteiger partial charge in [-0.3, -0.25) is 0 Å². The highest BCUT2D eigenvalue weighted by Gasteiger charge is 2.21. The molecule has 0 heterocycles. The first kappa shape index (κ1) is 30.1. The van der Waals surface area contributed by atoms with Gasteiger partial charge in [0.2, 0.25) is 0 Å². The Bertz CT molecular complexity index is 2250. The Hall–Kier alpha value is -6.62. The van der Waals surface area contributed by atoms with Crippen molar-refractivity contribution in [3.63, 3.8) is 0 Å². The number of anilines is 6. The summed E-state index contributed by atoms with van der Waals surface area (Å²) in [6.07, 6.45) is 0. The topological polar surface area (TPSA) is 54.1 Å². The number of hydrogen-bond acceptors (Lipinski definition) is 4. The van der Waals surface area contributed by atoms with Crippen molar-refractivity contribution in [2.75, 3.05) is 9.80 Å². The molecule has 8 aromatic carbocycles. The summed E-state index contributed by atoms with van der Waals surface area (Å²) in [7, 11) is 0. The fraction of sp³-hybridized carbons (Fsp3) is 0.0455. The van der Waals surface area contributed by atoms with Gasteiger partial charge in [0.15, 0.2) is 0 Å². The summed E-state index contributed by atoms with van der Waals surface area (Å²) < 4.78 is 0. The van der Waals surface area contributed by atoms with Crippen LogP contribution >= 0.6 is 0 Å². The summed E-state index contributed by atoms with van der Waals surface area (Å²) in [5.41, 5.74) is 7.44. The molecule has 0 spiro atoms. The maximum atomic E-state index is 9.45. The van der Waals surface area contributed by atoms with Crippen molar-refractivity contribution in [2.45, 2.75) is 13.8 Å². The highest BCUT2D eigenvalue weighted by Crippen LogP contribution is 2.47. The Morgan fingerprint density at radius 3 is 1.06 bits per heavy atom. The summed E-state index contributed by atoms with van der Waals surface area (Å²) in [5.74, 6) is 0. The molecular weight excluding hydrogens is 585 g/mol. The largest absolute Gasteiger partial charge is 0.310 e. The molecule has 0 aliphatic heterocycles. The summed E-state index contributed by atoms with van der Waals surface area (Å²) in [6, 6.07) is 58.4. The molecule has 0 fully saturated rings. The van der Waals surface area contributed by atoms with Gasteiger partial charge in [-0.1, -0.05) is 86.6 Å². The Kier molecular flexibility index (Phi) is 8.15. The predicted molar refractivity (Wildman–Crippen MR) is 200 cm³/mol. The van der Waals surface area contributed by atoms with Gasteiger partial charge in [-0.2, -0.15) is 10.5 Å². The van der Waals surface area contributed by atoms with Gasteiger partial charge in [0.1, 0.15) is 0 Å². The van der Waals surface area contributed by atoms with Gasteiger partial charge in [0.25, 0.3) is 0 Å². The van der Waals surface area contributed by atoms with Crippen LogP contribution in [0.25, 0.3) is 32.3 Å². The smallest absolute Gasteiger partial charge is 0.0991 e. The summed E-state index contributed by atoms with van der Waals surface area (Å²) in [4.78, 5) is 4.53. The van der Waals surface area contributed by atoms with E-state index in [0.717, 1.165) is 44.9 Å². The van der Waals surface area contributed by atoms with Gasteiger partial charge in [0, 0.05) is 33.5 Å². The maximum absolute atomic E-state index is 9.45. The molecule has 0 saturated heterocycles. The number of rotatable bonds is 6. The first-order valence-corrected chi connectivity index (χ1v) is 16.1. The zero-order valence-corrected chi connectivity index (χ0v) is 26.8. The Balaban J connectivity index is 0.00000179. The summed E-state index contributed by atoms with van der Waals surface area (Å²) >= 11 is 0. The third kappa shape index (κ3) is 5.22. The van der Waals surface area contributed by atoms with E-state index in [1.54, 1.807) is 0 Å². The van der Waals surface area contributed by atoms with E-state index in [1.807, 2.05) is 74.5 Å². The molecule has 8 rings (SSSR count). The van der Waals surface area contributed by atoms with Crippen LogP contribution in [0.3, 0.4) is 0 Å². The third-order valence-corrected chi connectivity index (χ3v) is 8.64. The van der Waals surface area contributed by atoms with Crippen LogP contribution in [0.5, 0.6) is 0 Å². The van der Waals surface area contributed by atoms with E-state index in [-0.39, 0.29) is 0 Å². The van der Waals surface area contributed by atoms with Crippen molar-refractivity contribution in [1.29, 1.82) is 10.5 Å². The third-order valence-electron chi connectivity index (χ3n) is 8.64. The minimum atomic E-state index is 0.630. The fourth-order valence-corrected chi connectivity index (χ4v) is 6.54. The molecule has 0 bridgehead atoms. The maximum Gasteiger partial charge on any atom is 0.0991 e. The van der Waals surface area contributed by atoms with Gasteiger partial charge in [0.05, 0.1) is 34.6 Å². The van der Waals surface area contributed by atoms with Crippen molar-refractivity contribution >= 4 is 66.4 Å². The van der Waals surface area contributed by atoms with Gasteiger partial charge in [-0.25, -0.2) is 0 Å². The number of benzene rings is 8. The monoisotopic (exact) mass is 616 g/mol. The zero-order valence-electron chi connectivity index (χ0n) is 26.8. The van der Waals surface area contributed by atoms with Crippen molar-refractivity contribution in [1.82, 2.24) is 0 Å². The van der Waals surface area contributed by atoms with E-state index in [1.165, 1.54) is 21.5 Å². The second kappa shape index (κ2) is 13.0. The van der Waals surface area contributed by atoms with Crippen LogP contribution in [0.15, 0.2) is 158 Å². The second-order valence-corrected chi connectivity index (χ2v) is 11.3. The molecule has 0 atom stereocenters. The SMILES string of the molecule is CC.N#Cc1ccc(N(c2ccccc2)c2ccc3ccc4c(N(c5ccccc5)c5ccc(C#N)cc5)ccc5ccc2c3c54)cc1. The minimum Gasteiger partial charge on any atom is -0.310 e. The summed E-state index contributed by atoms with van der Waals surface area (Å²) in [6.45, 7) is 4.00. The molecule has 48 heavy (non-hydrogen) atoms. The Morgan fingerprint density at radius 2 is 0.708 bits per heavy atom. The molecule has 0 amide bonds. The molecule has 228 valence electrons. The van der Waals surface area contributed by atoms with Crippen LogP contribution in [0.4, 0.5) is 34.1 Å². The Labute approximate surface area is 280 Å². The van der Waals surface area contributed by atoms with Crippen LogP contribution in [0, 0.1) is 22.7 Å². The van der Waals surface area contributed by atoms with Crippen molar-refractivity contribution in [3.8, 4) is 12.1 Å². The minimum absolute atomic E-state index is 0.630. The van der Waals surface area contributed by atoms with Crippen LogP contribution < -0.4 is 9.80 Å². The van der Waals surface area contributed by atoms with Crippen molar-refractivity contribution in [3.05, 3.63) is 169 Å². The lowest BCUT2D eigenvalue weighted by atomic mass is 9.91. The predicted octanol–water partition coefficient (Wildman–Crippen LogP) is 12.3. The normalized spacial score (nSPS) is 10.7. The van der Waals surface area contributed by atoms with Crippen LogP contribution in [-0.2, 0) is 0 Å². The molecular formula is C44H32N4. The lowest BCUT2D eigenvalue weighted by Gasteiger charge is -2.29. The van der Waals surface area contributed by atoms with Crippen LogP contribution in [0.2, 0.25) is 0 Å². The fourth-order valence-electron chi connectivity index (χ4n) is 6.54. The van der Waals surface area contributed by atoms with Gasteiger partial charge in [-0.15, -0.1) is 0 Å². The molecule has 0 saturated carbocycles. The molecule has 0 unspecified atom stereocenters. The van der Waals surface area contributed by atoms with Gasteiger partial charge in [-0.05, 0) is 106 Å². The highest BCUT2D eigenvalue weighted by molar-refractivity contribution is 6.28. The molecule has 0 aliphatic rings. The first-order chi connectivity index (χ1) is 23.7. The number of para-hydroxylation sites is 2. The molecule has 0 aromatic heterocycles. The van der Waals surface area contributed by atoms with E-state index >= 15 is 0 Å². The number of hydrogen-bond donors (Lipinski definition) is 0. The quantitative estimate of drug-likeness (QED) is 0.174. The molecule has 4 heteroatoms. The molecule has 0 radical (unpaired) electrons. The standard InChI is InChI=1S/C42H26N4.C2H6/c43-27-29-11-19-35(20-12-29)45(33-7-3-1-4-8-33)39-25-17-31-16-24-38-40(26-18-32-15-23-37(39)41(31)42(32)38)46(34-9-5-2-6-10-34)36-21-13-30(28-44)14-22-36;1-2/h1-26H;1-2H3. The van der Waals surface area contributed by atoms with Crippen molar-refractivity contribution in [2.24, 2.45) is 0 Å². The first-order valence-electron chi connectivity index (χ1n) is 16.1. The van der Waals surface area contributed by atoms with E-state index in [0.29, 0.717) is 11.1 Å². The van der Waals surface area contributed by atoms with Gasteiger partial charge >= 0.3 is 0 Å². The lowest BCUT2D eigenvalue weighted by molar-refractivity contribution is 1.29. The van der Waals surface area contributed by atoms with Gasteiger partial charge < -0.3 is 9.80 Å². The van der Waals surface area contributed by atoms with E-state index in [4.69, 9.17) is 0 Å². The molecule has 0 aliphatic carbocycles. The average Bonchev–Trinajstić information content (AvgIpc) is 3.17. The van der Waals surface area contributed by atoms with E-state index in [2.05, 4.69) is 119 Å². The average molecular weight is 617 g/mol. The second-order valence-electron chi connectivity index (χ2n) is 11.3. The van der Waals surface area contributed by atoms with Crippen molar-refractivity contribution < 1.29 is 0 Å². The Morgan fingerprint density at radius 1 is 0.375 bits per heavy atom.